The van der Waals surface area contributed by atoms with Crippen molar-refractivity contribution in [1.82, 2.24) is 5.32 Å². The predicted octanol–water partition coefficient (Wildman–Crippen LogP) is 14.9. The van der Waals surface area contributed by atoms with Crippen LogP contribution in [-0.4, -0.2) is 46.9 Å². The van der Waals surface area contributed by atoms with Crippen molar-refractivity contribution in [3.8, 4) is 0 Å². The molecule has 0 aliphatic heterocycles. The highest BCUT2D eigenvalue weighted by Crippen LogP contribution is 2.17. The average Bonchev–Trinajstić information content (AvgIpc) is 3.25. The van der Waals surface area contributed by atoms with Gasteiger partial charge in [-0.05, 0) is 89.9 Å². The number of hydrogen-bond donors (Lipinski definition) is 3. The van der Waals surface area contributed by atoms with Gasteiger partial charge in [-0.2, -0.15) is 0 Å². The third kappa shape index (κ3) is 43.2. The van der Waals surface area contributed by atoms with Gasteiger partial charge in [0.25, 0.3) is 0 Å². The summed E-state index contributed by atoms with van der Waals surface area (Å²) < 4.78 is 5.90. The Morgan fingerprint density at radius 2 is 0.967 bits per heavy atom. The fourth-order valence-corrected chi connectivity index (χ4v) is 6.98. The van der Waals surface area contributed by atoms with Crippen LogP contribution in [0.15, 0.2) is 97.2 Å². The summed E-state index contributed by atoms with van der Waals surface area (Å²) in [6, 6.07) is -0.720. The number of nitrogens with one attached hydrogen (secondary N) is 1. The van der Waals surface area contributed by atoms with Gasteiger partial charge in [0, 0.05) is 6.42 Å². The Morgan fingerprint density at radius 1 is 0.508 bits per heavy atom. The Labute approximate surface area is 376 Å². The molecule has 0 aliphatic rings. The molecule has 0 aromatic rings. The van der Waals surface area contributed by atoms with Gasteiger partial charge in [-0.25, -0.2) is 0 Å². The van der Waals surface area contributed by atoms with Crippen LogP contribution in [0.5, 0.6) is 0 Å². The van der Waals surface area contributed by atoms with Crippen molar-refractivity contribution in [2.75, 3.05) is 6.61 Å². The molecule has 0 fully saturated rings. The largest absolute Gasteiger partial charge is 0.462 e. The molecule has 3 atom stereocenters. The molecule has 0 aromatic heterocycles. The number of ether oxygens (including phenoxy) is 1. The first-order valence-electron chi connectivity index (χ1n) is 25.0. The second-order valence-corrected chi connectivity index (χ2v) is 16.5. The minimum Gasteiger partial charge on any atom is -0.462 e. The number of hydrogen-bond acceptors (Lipinski definition) is 5. The van der Waals surface area contributed by atoms with Gasteiger partial charge in [0.15, 0.2) is 0 Å². The molecule has 3 unspecified atom stereocenters. The first kappa shape index (κ1) is 57.8. The lowest BCUT2D eigenvalue weighted by atomic mass is 10.0. The van der Waals surface area contributed by atoms with Crippen LogP contribution in [0.4, 0.5) is 0 Å². The number of amides is 1. The molecule has 0 aliphatic carbocycles. The smallest absolute Gasteiger partial charge is 0.306 e. The third-order valence-corrected chi connectivity index (χ3v) is 10.7. The average molecular weight is 848 g/mol. The lowest BCUT2D eigenvalue weighted by Gasteiger charge is -2.24. The zero-order valence-electron chi connectivity index (χ0n) is 39.5. The molecule has 0 saturated carbocycles. The number of allylic oxidation sites excluding steroid dienone is 16. The standard InChI is InChI=1S/C55H93NO5/c1-4-7-10-13-16-19-22-24-25-26-27-28-29-31-33-36-39-42-45-48-55(60)61-51(46-43-40-37-34-32-30-23-20-17-14-11-8-5-2)49-54(59)56-52(50-57)53(58)47-44-41-38-35-21-18-15-12-9-6-3/h7-8,10-11,14,16-17,19-20,23-25,27-28,31,33,51-53,57-58H,4-6,9,12-13,15,18,21-22,26,29-30,32,34-50H2,1-3H3,(H,56,59)/b10-7-,11-8+,17-14+,19-16-,23-20+,25-24-,28-27-,33-31-. The van der Waals surface area contributed by atoms with E-state index in [9.17, 15) is 19.8 Å². The SMILES string of the molecule is CC/C=C\C/C=C\C/C=C\C/C=C\C/C=C\CCCCCC(=O)OC(CCCCCCC/C=C/C=C/C=C/CC)CC(=O)NC(CO)C(O)CCCCCCCCCCCC. The number of carbonyl (C=O) groups is 2. The molecule has 348 valence electrons. The van der Waals surface area contributed by atoms with Gasteiger partial charge < -0.3 is 20.3 Å². The lowest BCUT2D eigenvalue weighted by Crippen LogP contribution is -2.46. The van der Waals surface area contributed by atoms with Gasteiger partial charge in [-0.3, -0.25) is 9.59 Å². The molecule has 3 N–H and O–H groups in total. The van der Waals surface area contributed by atoms with Crippen LogP contribution in [0.25, 0.3) is 0 Å². The number of carbonyl (C=O) groups excluding carboxylic acids is 2. The highest BCUT2D eigenvalue weighted by molar-refractivity contribution is 5.77. The number of rotatable bonds is 43. The van der Waals surface area contributed by atoms with Gasteiger partial charge in [-0.1, -0.05) is 208 Å². The normalized spacial score (nSPS) is 14.1. The second-order valence-electron chi connectivity index (χ2n) is 16.5. The van der Waals surface area contributed by atoms with Crippen LogP contribution in [0.2, 0.25) is 0 Å². The number of aliphatic hydroxyl groups excluding tert-OH is 2. The van der Waals surface area contributed by atoms with Gasteiger partial charge >= 0.3 is 5.97 Å². The molecule has 0 heterocycles. The molecule has 0 rings (SSSR count). The molecule has 0 saturated heterocycles. The van der Waals surface area contributed by atoms with Gasteiger partial charge in [0.05, 0.1) is 25.2 Å². The fourth-order valence-electron chi connectivity index (χ4n) is 6.98. The summed E-state index contributed by atoms with van der Waals surface area (Å²) in [6.07, 6.45) is 63.2. The summed E-state index contributed by atoms with van der Waals surface area (Å²) in [5, 5.41) is 23.7. The molecule has 6 heteroatoms. The Morgan fingerprint density at radius 3 is 1.52 bits per heavy atom. The quantitative estimate of drug-likeness (QED) is 0.0246. The van der Waals surface area contributed by atoms with Gasteiger partial charge in [0.1, 0.15) is 6.10 Å². The minimum absolute atomic E-state index is 0.0447. The zero-order chi connectivity index (χ0) is 44.5. The first-order chi connectivity index (χ1) is 30.0. The van der Waals surface area contributed by atoms with E-state index in [4.69, 9.17) is 4.74 Å². The summed E-state index contributed by atoms with van der Waals surface area (Å²) in [5.74, 6) is -0.541. The maximum Gasteiger partial charge on any atom is 0.306 e. The van der Waals surface area contributed by atoms with Crippen molar-refractivity contribution >= 4 is 11.9 Å². The molecule has 61 heavy (non-hydrogen) atoms. The van der Waals surface area contributed by atoms with E-state index in [0.717, 1.165) is 122 Å². The molecule has 0 spiro atoms. The first-order valence-corrected chi connectivity index (χ1v) is 25.0. The molecule has 0 radical (unpaired) electrons. The van der Waals surface area contributed by atoms with E-state index in [1.165, 1.54) is 44.9 Å². The Balaban J connectivity index is 4.67. The highest BCUT2D eigenvalue weighted by Gasteiger charge is 2.24. The van der Waals surface area contributed by atoms with Crippen LogP contribution in [0, 0.1) is 0 Å². The van der Waals surface area contributed by atoms with Crippen molar-refractivity contribution in [3.63, 3.8) is 0 Å². The van der Waals surface area contributed by atoms with E-state index in [1.54, 1.807) is 0 Å². The van der Waals surface area contributed by atoms with Crippen molar-refractivity contribution in [2.45, 2.75) is 232 Å². The van der Waals surface area contributed by atoms with Gasteiger partial charge in [-0.15, -0.1) is 0 Å². The highest BCUT2D eigenvalue weighted by atomic mass is 16.5. The second kappa shape index (κ2) is 47.8. The minimum atomic E-state index is -0.803. The molecule has 1 amide bonds. The number of esters is 1. The van der Waals surface area contributed by atoms with E-state index >= 15 is 0 Å². The topological polar surface area (TPSA) is 95.9 Å². The lowest BCUT2D eigenvalue weighted by molar-refractivity contribution is -0.151. The Hall–Kier alpha value is -3.22. The van der Waals surface area contributed by atoms with E-state index < -0.39 is 18.2 Å². The van der Waals surface area contributed by atoms with Gasteiger partial charge in [0.2, 0.25) is 5.91 Å². The summed E-state index contributed by atoms with van der Waals surface area (Å²) in [7, 11) is 0. The van der Waals surface area contributed by atoms with E-state index in [1.807, 2.05) is 0 Å². The zero-order valence-corrected chi connectivity index (χ0v) is 39.5. The number of unbranched alkanes of at least 4 members (excludes halogenated alkanes) is 17. The van der Waals surface area contributed by atoms with Crippen molar-refractivity contribution in [1.29, 1.82) is 0 Å². The molecule has 6 nitrogen and oxygen atoms in total. The molecular formula is C55H93NO5. The van der Waals surface area contributed by atoms with Crippen molar-refractivity contribution in [2.24, 2.45) is 0 Å². The maximum absolute atomic E-state index is 13.2. The monoisotopic (exact) mass is 848 g/mol. The molecule has 0 bridgehead atoms. The van der Waals surface area contributed by atoms with E-state index in [0.29, 0.717) is 19.3 Å². The summed E-state index contributed by atoms with van der Waals surface area (Å²) in [5.41, 5.74) is 0. The van der Waals surface area contributed by atoms with E-state index in [2.05, 4.69) is 123 Å². The fraction of sp³-hybridized carbons (Fsp3) is 0.673. The van der Waals surface area contributed by atoms with Crippen LogP contribution < -0.4 is 5.32 Å². The Kier molecular flexibility index (Phi) is 45.3. The number of aliphatic hydroxyl groups is 2. The molecule has 0 aromatic carbocycles. The summed E-state index contributed by atoms with van der Waals surface area (Å²) in [6.45, 7) is 6.20. The third-order valence-electron chi connectivity index (χ3n) is 10.7. The Bertz CT molecular complexity index is 1220. The van der Waals surface area contributed by atoms with Crippen LogP contribution in [0.3, 0.4) is 0 Å². The van der Waals surface area contributed by atoms with E-state index in [-0.39, 0.29) is 24.9 Å². The predicted molar refractivity (Wildman–Crippen MR) is 264 cm³/mol. The molecular weight excluding hydrogens is 755 g/mol. The van der Waals surface area contributed by atoms with Crippen LogP contribution >= 0.6 is 0 Å². The van der Waals surface area contributed by atoms with Crippen molar-refractivity contribution < 1.29 is 24.5 Å². The van der Waals surface area contributed by atoms with Crippen LogP contribution in [-0.2, 0) is 14.3 Å². The maximum atomic E-state index is 13.2. The van der Waals surface area contributed by atoms with Crippen LogP contribution in [0.1, 0.15) is 213 Å². The van der Waals surface area contributed by atoms with Crippen molar-refractivity contribution in [3.05, 3.63) is 97.2 Å². The summed E-state index contributed by atoms with van der Waals surface area (Å²) in [4.78, 5) is 26.1. The summed E-state index contributed by atoms with van der Waals surface area (Å²) >= 11 is 0.